The first-order chi connectivity index (χ1) is 13.5. The molecule has 9 heteroatoms. The molecular weight excluding hydrogens is 382 g/mol. The number of methoxy groups -OCH3 is 1. The van der Waals surface area contributed by atoms with Gasteiger partial charge in [0.1, 0.15) is 12.3 Å². The van der Waals surface area contributed by atoms with Crippen LogP contribution in [-0.2, 0) is 22.7 Å². The van der Waals surface area contributed by atoms with Crippen LogP contribution in [-0.4, -0.2) is 28.8 Å². The molecule has 0 spiro atoms. The van der Waals surface area contributed by atoms with Crippen molar-refractivity contribution in [1.82, 2.24) is 9.78 Å². The molecule has 0 radical (unpaired) electrons. The number of hydrogen-bond acceptors (Lipinski definition) is 7. The van der Waals surface area contributed by atoms with Crippen LogP contribution in [0.2, 0.25) is 0 Å². The Morgan fingerprint density at radius 1 is 1.18 bits per heavy atom. The van der Waals surface area contributed by atoms with Crippen LogP contribution in [0.3, 0.4) is 0 Å². The van der Waals surface area contributed by atoms with Crippen molar-refractivity contribution in [3.8, 4) is 5.75 Å². The van der Waals surface area contributed by atoms with E-state index in [0.29, 0.717) is 17.0 Å². The van der Waals surface area contributed by atoms with E-state index in [1.807, 2.05) is 30.3 Å². The second-order valence-electron chi connectivity index (χ2n) is 5.64. The molecule has 0 unspecified atom stereocenters. The Hall–Kier alpha value is -3.46. The minimum absolute atomic E-state index is 0.0603. The molecule has 0 saturated carbocycles. The number of para-hydroxylation sites is 1. The highest BCUT2D eigenvalue weighted by atomic mass is 32.1. The van der Waals surface area contributed by atoms with Gasteiger partial charge in [-0.05, 0) is 42.5 Å². The maximum atomic E-state index is 12.3. The van der Waals surface area contributed by atoms with E-state index in [9.17, 15) is 9.59 Å². The monoisotopic (exact) mass is 399 g/mol. The number of nitrogens with zero attached hydrogens (tertiary/aromatic N) is 2. The van der Waals surface area contributed by atoms with Gasteiger partial charge in [0.05, 0.1) is 12.7 Å². The molecule has 0 aliphatic heterocycles. The maximum absolute atomic E-state index is 12.3. The highest BCUT2D eigenvalue weighted by molar-refractivity contribution is 7.71. The number of hydrogen-bond donors (Lipinski definition) is 1. The first-order valence-corrected chi connectivity index (χ1v) is 8.69. The number of amides is 1. The van der Waals surface area contributed by atoms with Gasteiger partial charge in [-0.2, -0.15) is 0 Å². The summed E-state index contributed by atoms with van der Waals surface area (Å²) >= 11 is 5.09. The molecule has 3 rings (SSSR count). The van der Waals surface area contributed by atoms with E-state index in [0.717, 1.165) is 0 Å². The van der Waals surface area contributed by atoms with Gasteiger partial charge in [0.15, 0.2) is 6.61 Å². The average molecular weight is 399 g/mol. The Bertz CT molecular complexity index is 1030. The van der Waals surface area contributed by atoms with Crippen LogP contribution in [0.25, 0.3) is 0 Å². The van der Waals surface area contributed by atoms with Crippen molar-refractivity contribution in [2.45, 2.75) is 13.2 Å². The third-order valence-electron chi connectivity index (χ3n) is 3.61. The van der Waals surface area contributed by atoms with E-state index in [4.69, 9.17) is 21.4 Å². The van der Waals surface area contributed by atoms with Crippen molar-refractivity contribution in [3.05, 3.63) is 70.9 Å². The molecule has 0 atom stereocenters. The summed E-state index contributed by atoms with van der Waals surface area (Å²) in [5, 5.41) is 6.83. The van der Waals surface area contributed by atoms with E-state index in [-0.39, 0.29) is 29.8 Å². The van der Waals surface area contributed by atoms with Crippen LogP contribution in [0, 0.1) is 4.84 Å². The van der Waals surface area contributed by atoms with Gasteiger partial charge in [-0.1, -0.05) is 24.3 Å². The van der Waals surface area contributed by atoms with Gasteiger partial charge in [-0.25, -0.2) is 9.48 Å². The van der Waals surface area contributed by atoms with Crippen LogP contribution in [0.1, 0.15) is 16.2 Å². The Balaban J connectivity index is 1.61. The van der Waals surface area contributed by atoms with E-state index in [2.05, 4.69) is 15.2 Å². The molecule has 1 amide bonds. The van der Waals surface area contributed by atoms with Gasteiger partial charge in [0.25, 0.3) is 10.7 Å². The molecule has 0 fully saturated rings. The molecule has 1 aromatic heterocycles. The number of carbonyl (C=O) groups excluding carboxylic acids is 2. The maximum Gasteiger partial charge on any atom is 0.337 e. The summed E-state index contributed by atoms with van der Waals surface area (Å²) < 4.78 is 16.8. The third-order valence-corrected chi connectivity index (χ3v) is 3.91. The first-order valence-electron chi connectivity index (χ1n) is 8.28. The summed E-state index contributed by atoms with van der Waals surface area (Å²) in [5.41, 5.74) is 0.786. The van der Waals surface area contributed by atoms with Crippen molar-refractivity contribution in [3.63, 3.8) is 0 Å². The molecule has 8 nitrogen and oxygen atoms in total. The van der Waals surface area contributed by atoms with Crippen molar-refractivity contribution >= 4 is 29.8 Å². The molecule has 1 heterocycles. The van der Waals surface area contributed by atoms with Gasteiger partial charge < -0.3 is 19.2 Å². The predicted molar refractivity (Wildman–Crippen MR) is 103 cm³/mol. The van der Waals surface area contributed by atoms with E-state index in [1.165, 1.54) is 17.9 Å². The Morgan fingerprint density at radius 2 is 1.96 bits per heavy atom. The molecule has 0 saturated heterocycles. The molecule has 0 bridgehead atoms. The number of nitrogens with one attached hydrogen (secondary N) is 1. The zero-order chi connectivity index (χ0) is 19.9. The van der Waals surface area contributed by atoms with Crippen LogP contribution in [0.15, 0.2) is 59.0 Å². The first kappa shape index (κ1) is 19.3. The lowest BCUT2D eigenvalue weighted by Gasteiger charge is -2.06. The van der Waals surface area contributed by atoms with Crippen LogP contribution in [0.5, 0.6) is 5.75 Å². The number of esters is 1. The molecule has 0 aliphatic rings. The summed E-state index contributed by atoms with van der Waals surface area (Å²) in [6.45, 7) is -0.0560. The van der Waals surface area contributed by atoms with E-state index in [1.54, 1.807) is 18.2 Å². The lowest BCUT2D eigenvalue weighted by atomic mass is 10.2. The van der Waals surface area contributed by atoms with Gasteiger partial charge in [-0.15, -0.1) is 5.10 Å². The number of rotatable bonds is 7. The highest BCUT2D eigenvalue weighted by Crippen LogP contribution is 2.13. The van der Waals surface area contributed by atoms with Crippen molar-refractivity contribution < 1.29 is 23.5 Å². The number of carbonyl (C=O) groups is 2. The second-order valence-corrected chi connectivity index (χ2v) is 5.99. The SMILES string of the molecule is COC(=O)c1cccc(NC(=O)Cn2nc(COc3ccccc3)oc2=S)c1. The summed E-state index contributed by atoms with van der Waals surface area (Å²) in [5.74, 6) is 0.0653. The highest BCUT2D eigenvalue weighted by Gasteiger charge is 2.12. The second kappa shape index (κ2) is 8.96. The van der Waals surface area contributed by atoms with Crippen molar-refractivity contribution in [2.24, 2.45) is 0 Å². The smallest absolute Gasteiger partial charge is 0.337 e. The van der Waals surface area contributed by atoms with E-state index < -0.39 is 5.97 Å². The largest absolute Gasteiger partial charge is 0.484 e. The molecule has 3 aromatic rings. The average Bonchev–Trinajstić information content (AvgIpc) is 3.06. The zero-order valence-electron chi connectivity index (χ0n) is 15.0. The molecule has 1 N–H and O–H groups in total. The fraction of sp³-hybridized carbons (Fsp3) is 0.158. The minimum Gasteiger partial charge on any atom is -0.484 e. The Morgan fingerprint density at radius 3 is 2.71 bits per heavy atom. The number of ether oxygens (including phenoxy) is 2. The number of benzene rings is 2. The van der Waals surface area contributed by atoms with Crippen LogP contribution >= 0.6 is 12.2 Å². The van der Waals surface area contributed by atoms with Gasteiger partial charge in [0, 0.05) is 5.69 Å². The quantitative estimate of drug-likeness (QED) is 0.481. The fourth-order valence-electron chi connectivity index (χ4n) is 2.35. The third kappa shape index (κ3) is 5.04. The molecule has 144 valence electrons. The lowest BCUT2D eigenvalue weighted by Crippen LogP contribution is -2.20. The topological polar surface area (TPSA) is 95.6 Å². The van der Waals surface area contributed by atoms with Gasteiger partial charge >= 0.3 is 5.97 Å². The van der Waals surface area contributed by atoms with Crippen molar-refractivity contribution in [2.75, 3.05) is 12.4 Å². The predicted octanol–water partition coefficient (Wildman–Crippen LogP) is 3.21. The van der Waals surface area contributed by atoms with Crippen LogP contribution < -0.4 is 10.1 Å². The van der Waals surface area contributed by atoms with Gasteiger partial charge in [0.2, 0.25) is 5.91 Å². The fourth-order valence-corrected chi connectivity index (χ4v) is 2.55. The summed E-state index contributed by atoms with van der Waals surface area (Å²) in [6.07, 6.45) is 0. The molecular formula is C19H17N3O5S. The molecule has 0 aliphatic carbocycles. The summed E-state index contributed by atoms with van der Waals surface area (Å²) in [6, 6.07) is 15.6. The van der Waals surface area contributed by atoms with Gasteiger partial charge in [-0.3, -0.25) is 4.79 Å². The molecule has 28 heavy (non-hydrogen) atoms. The minimum atomic E-state index is -0.488. The zero-order valence-corrected chi connectivity index (χ0v) is 15.8. The Kier molecular flexibility index (Phi) is 6.18. The Labute approximate surface area is 165 Å². The standard InChI is InChI=1S/C19H17N3O5S/c1-25-18(24)13-6-5-7-14(10-13)20-16(23)11-22-19(28)27-17(21-22)12-26-15-8-3-2-4-9-15/h2-10H,11-12H2,1H3,(H,20,23). The summed E-state index contributed by atoms with van der Waals surface area (Å²) in [7, 11) is 1.29. The molecule has 2 aromatic carbocycles. The van der Waals surface area contributed by atoms with Crippen LogP contribution in [0.4, 0.5) is 5.69 Å². The number of anilines is 1. The normalized spacial score (nSPS) is 10.3. The lowest BCUT2D eigenvalue weighted by molar-refractivity contribution is -0.117. The summed E-state index contributed by atoms with van der Waals surface area (Å²) in [4.78, 5) is 23.9. The van der Waals surface area contributed by atoms with E-state index >= 15 is 0 Å². The number of aromatic nitrogens is 2. The van der Waals surface area contributed by atoms with Crippen molar-refractivity contribution in [1.29, 1.82) is 0 Å².